The maximum Gasteiger partial charge on any atom is 0.337 e. The van der Waals surface area contributed by atoms with Gasteiger partial charge in [-0.15, -0.1) is 0 Å². The van der Waals surface area contributed by atoms with E-state index in [4.69, 9.17) is 14.2 Å². The number of benzene rings is 2. The lowest BCUT2D eigenvalue weighted by molar-refractivity contribution is -0.0768. The highest BCUT2D eigenvalue weighted by Crippen LogP contribution is 2.23. The van der Waals surface area contributed by atoms with Gasteiger partial charge in [-0.25, -0.2) is 4.79 Å². The fourth-order valence-corrected chi connectivity index (χ4v) is 5.99. The lowest BCUT2D eigenvalue weighted by Crippen LogP contribution is -2.57. The molecule has 0 aliphatic carbocycles. The molecule has 3 heterocycles. The van der Waals surface area contributed by atoms with Crippen LogP contribution in [0.25, 0.3) is 0 Å². The SMILES string of the molecule is CC1COC1.CCC.COC(=O)c1ccc(CN(c2ccccc2)S(=O)(=O)N(C)CCN2CCN(C3COC3)CC2)cc1. The third-order valence-corrected chi connectivity index (χ3v) is 9.36. The summed E-state index contributed by atoms with van der Waals surface area (Å²) in [6.07, 6.45) is 1.25. The van der Waals surface area contributed by atoms with Gasteiger partial charge < -0.3 is 14.2 Å². The molecule has 0 spiro atoms. The zero-order chi connectivity index (χ0) is 31.2. The van der Waals surface area contributed by atoms with Gasteiger partial charge in [-0.3, -0.25) is 14.1 Å². The molecular formula is C32H50N4O6S. The Kier molecular flexibility index (Phi) is 14.4. The summed E-state index contributed by atoms with van der Waals surface area (Å²) < 4.78 is 45.0. The van der Waals surface area contributed by atoms with E-state index < -0.39 is 16.2 Å². The van der Waals surface area contributed by atoms with Crippen molar-refractivity contribution in [1.29, 1.82) is 0 Å². The number of carbonyl (C=O) groups is 1. The molecule has 3 saturated heterocycles. The van der Waals surface area contributed by atoms with E-state index in [-0.39, 0.29) is 6.54 Å². The second kappa shape index (κ2) is 17.7. The first-order valence-electron chi connectivity index (χ1n) is 15.3. The molecule has 0 atom stereocenters. The number of carbonyl (C=O) groups excluding carboxylic acids is 1. The summed E-state index contributed by atoms with van der Waals surface area (Å²) in [7, 11) is -0.817. The third-order valence-electron chi connectivity index (χ3n) is 7.50. The predicted octanol–water partition coefficient (Wildman–Crippen LogP) is 3.74. The Balaban J connectivity index is 0.000000555. The molecule has 0 unspecified atom stereocenters. The minimum absolute atomic E-state index is 0.153. The van der Waals surface area contributed by atoms with Crippen LogP contribution < -0.4 is 4.31 Å². The number of esters is 1. The number of rotatable bonds is 10. The fraction of sp³-hybridized carbons (Fsp3) is 0.594. The van der Waals surface area contributed by atoms with Crippen LogP contribution in [0.1, 0.15) is 43.1 Å². The second-order valence-corrected chi connectivity index (χ2v) is 13.2. The molecule has 11 heteroatoms. The topological polar surface area (TPSA) is 91.9 Å². The lowest BCUT2D eigenvalue weighted by Gasteiger charge is -2.42. The molecule has 2 aromatic rings. The van der Waals surface area contributed by atoms with Crippen LogP contribution in [-0.2, 0) is 31.0 Å². The van der Waals surface area contributed by atoms with E-state index in [2.05, 4.69) is 30.6 Å². The zero-order valence-corrected chi connectivity index (χ0v) is 27.3. The third kappa shape index (κ3) is 10.5. The van der Waals surface area contributed by atoms with Crippen LogP contribution in [0.5, 0.6) is 0 Å². The average Bonchev–Trinajstić information content (AvgIpc) is 2.98. The maximum atomic E-state index is 13.7. The molecule has 43 heavy (non-hydrogen) atoms. The summed E-state index contributed by atoms with van der Waals surface area (Å²) in [6, 6.07) is 16.4. The van der Waals surface area contributed by atoms with Gasteiger partial charge in [0, 0.05) is 52.2 Å². The summed E-state index contributed by atoms with van der Waals surface area (Å²) in [5, 5.41) is 0. The molecule has 2 aromatic carbocycles. The Hall–Kier alpha value is -2.54. The monoisotopic (exact) mass is 618 g/mol. The molecule has 3 fully saturated rings. The van der Waals surface area contributed by atoms with Gasteiger partial charge in [0.1, 0.15) is 0 Å². The van der Waals surface area contributed by atoms with Crippen molar-refractivity contribution in [1.82, 2.24) is 14.1 Å². The first-order valence-corrected chi connectivity index (χ1v) is 16.7. The van der Waals surface area contributed by atoms with E-state index in [0.29, 0.717) is 30.4 Å². The number of likely N-dealkylation sites (N-methyl/N-ethyl adjacent to an activating group) is 1. The molecule has 0 radical (unpaired) electrons. The van der Waals surface area contributed by atoms with Gasteiger partial charge in [-0.2, -0.15) is 12.7 Å². The van der Waals surface area contributed by atoms with E-state index in [9.17, 15) is 13.2 Å². The quantitative estimate of drug-likeness (QED) is 0.372. The van der Waals surface area contributed by atoms with Crippen molar-refractivity contribution in [2.24, 2.45) is 5.92 Å². The summed E-state index contributed by atoms with van der Waals surface area (Å²) in [5.74, 6) is 0.417. The first kappa shape index (κ1) is 34.9. The van der Waals surface area contributed by atoms with Crippen molar-refractivity contribution < 1.29 is 27.4 Å². The Morgan fingerprint density at radius 2 is 1.49 bits per heavy atom. The van der Waals surface area contributed by atoms with Gasteiger partial charge in [-0.1, -0.05) is 57.5 Å². The average molecular weight is 619 g/mol. The molecule has 0 N–H and O–H groups in total. The van der Waals surface area contributed by atoms with E-state index in [1.165, 1.54) is 22.1 Å². The first-order chi connectivity index (χ1) is 20.7. The van der Waals surface area contributed by atoms with Gasteiger partial charge in [-0.05, 0) is 29.8 Å². The Morgan fingerprint density at radius 1 is 0.930 bits per heavy atom. The van der Waals surface area contributed by atoms with Gasteiger partial charge >= 0.3 is 16.2 Å². The number of methoxy groups -OCH3 is 1. The highest BCUT2D eigenvalue weighted by Gasteiger charge is 2.31. The molecular weight excluding hydrogens is 568 g/mol. The largest absolute Gasteiger partial charge is 0.465 e. The Bertz CT molecular complexity index is 1180. The molecule has 3 aliphatic rings. The minimum Gasteiger partial charge on any atom is -0.465 e. The van der Waals surface area contributed by atoms with E-state index >= 15 is 0 Å². The molecule has 240 valence electrons. The van der Waals surface area contributed by atoms with Crippen LogP contribution in [0.3, 0.4) is 0 Å². The Morgan fingerprint density at radius 3 is 1.95 bits per heavy atom. The Labute approximate surface area is 258 Å². The maximum absolute atomic E-state index is 13.7. The van der Waals surface area contributed by atoms with E-state index in [0.717, 1.165) is 64.1 Å². The highest BCUT2D eigenvalue weighted by molar-refractivity contribution is 7.90. The molecule has 0 amide bonds. The summed E-state index contributed by atoms with van der Waals surface area (Å²) in [6.45, 7) is 15.1. The molecule has 0 aromatic heterocycles. The number of nitrogens with zero attached hydrogens (tertiary/aromatic N) is 4. The number of hydrogen-bond donors (Lipinski definition) is 0. The van der Waals surface area contributed by atoms with Crippen molar-refractivity contribution in [2.75, 3.05) is 84.2 Å². The number of anilines is 1. The molecule has 0 saturated carbocycles. The van der Waals surface area contributed by atoms with Crippen LogP contribution in [0, 0.1) is 5.92 Å². The van der Waals surface area contributed by atoms with Gasteiger partial charge in [0.2, 0.25) is 0 Å². The molecule has 5 rings (SSSR count). The number of piperazine rings is 1. The van der Waals surface area contributed by atoms with Crippen LogP contribution >= 0.6 is 0 Å². The number of ether oxygens (including phenoxy) is 3. The second-order valence-electron chi connectivity index (χ2n) is 11.3. The summed E-state index contributed by atoms with van der Waals surface area (Å²) in [4.78, 5) is 16.5. The van der Waals surface area contributed by atoms with E-state index in [1.54, 1.807) is 43.4 Å². The summed E-state index contributed by atoms with van der Waals surface area (Å²) >= 11 is 0. The van der Waals surface area contributed by atoms with Crippen molar-refractivity contribution >= 4 is 21.9 Å². The lowest BCUT2D eigenvalue weighted by atomic mass is 10.1. The molecule has 10 nitrogen and oxygen atoms in total. The number of para-hydroxylation sites is 1. The van der Waals surface area contributed by atoms with Crippen LogP contribution in [0.2, 0.25) is 0 Å². The van der Waals surface area contributed by atoms with Crippen LogP contribution in [-0.4, -0.2) is 114 Å². The van der Waals surface area contributed by atoms with E-state index in [1.807, 2.05) is 18.2 Å². The normalized spacial score (nSPS) is 17.9. The highest BCUT2D eigenvalue weighted by atomic mass is 32.2. The minimum atomic E-state index is -3.78. The van der Waals surface area contributed by atoms with Crippen LogP contribution in [0.15, 0.2) is 54.6 Å². The van der Waals surface area contributed by atoms with Gasteiger partial charge in [0.15, 0.2) is 0 Å². The van der Waals surface area contributed by atoms with Crippen molar-refractivity contribution in [3.8, 4) is 0 Å². The summed E-state index contributed by atoms with van der Waals surface area (Å²) in [5.41, 5.74) is 1.79. The van der Waals surface area contributed by atoms with Gasteiger partial charge in [0.05, 0.1) is 57.4 Å². The van der Waals surface area contributed by atoms with Crippen molar-refractivity contribution in [3.05, 3.63) is 65.7 Å². The standard InChI is InChI=1S/C25H34N4O5S.C4H8O.C3H8/c1-26(12-13-27-14-16-28(17-15-27)24-19-34-20-24)35(31,32)29(23-6-4-3-5-7-23)18-21-8-10-22(11-9-21)25(30)33-2;1-4-2-5-3-4;1-3-2/h3-11,24H,12-20H2,1-2H3;4H,2-3H2,1H3;3H2,1-2H3. The molecule has 3 aliphatic heterocycles. The molecule has 0 bridgehead atoms. The van der Waals surface area contributed by atoms with Crippen molar-refractivity contribution in [3.63, 3.8) is 0 Å². The zero-order valence-electron chi connectivity index (χ0n) is 26.5. The smallest absolute Gasteiger partial charge is 0.337 e. The predicted molar refractivity (Wildman–Crippen MR) is 171 cm³/mol. The van der Waals surface area contributed by atoms with Crippen LogP contribution in [0.4, 0.5) is 5.69 Å². The van der Waals surface area contributed by atoms with Gasteiger partial charge in [0.25, 0.3) is 0 Å². The fourth-order valence-electron chi connectivity index (χ4n) is 4.64. The van der Waals surface area contributed by atoms with Crippen molar-refractivity contribution in [2.45, 2.75) is 39.8 Å². The number of hydrogen-bond acceptors (Lipinski definition) is 8.